The number of pyridine rings is 1. The van der Waals surface area contributed by atoms with Crippen LogP contribution in [0.4, 0.5) is 10.1 Å². The fourth-order valence-corrected chi connectivity index (χ4v) is 4.39. The number of aliphatic carboxylic acids is 1. The maximum absolute atomic E-state index is 15.3. The molecule has 33 heavy (non-hydrogen) atoms. The summed E-state index contributed by atoms with van der Waals surface area (Å²) in [5.41, 5.74) is -0.343. The maximum Gasteiger partial charge on any atom is 0.339 e. The molecule has 0 radical (unpaired) electrons. The molecule has 2 N–H and O–H groups in total. The van der Waals surface area contributed by atoms with Crippen molar-refractivity contribution in [1.82, 2.24) is 4.57 Å². The van der Waals surface area contributed by atoms with Crippen LogP contribution in [-0.4, -0.2) is 34.4 Å². The van der Waals surface area contributed by atoms with Crippen molar-refractivity contribution in [2.75, 3.05) is 18.5 Å². The van der Waals surface area contributed by atoms with E-state index in [9.17, 15) is 14.7 Å². The summed E-state index contributed by atoms with van der Waals surface area (Å²) < 4.78 is 28.0. The summed E-state index contributed by atoms with van der Waals surface area (Å²) in [5.74, 6) is -1.45. The van der Waals surface area contributed by atoms with Crippen LogP contribution in [0.25, 0.3) is 21.9 Å². The minimum atomic E-state index is -1.56. The van der Waals surface area contributed by atoms with Gasteiger partial charge in [-0.1, -0.05) is 17.7 Å². The standard InChI is InChI=1S/C24H24ClFN2O5/c1-24(2,3)33-21(23(30)31)20-17(12-8-9-15-19(18(12)25)27-10-11-32-15)16-13(22(29)28(20)4)6-5-7-14(16)26/h5-9,21,27H,10-11H2,1-4H3,(H,30,31)/t21-/m1/s1. The highest BCUT2D eigenvalue weighted by atomic mass is 35.5. The van der Waals surface area contributed by atoms with E-state index in [2.05, 4.69) is 5.32 Å². The molecular weight excluding hydrogens is 451 g/mol. The van der Waals surface area contributed by atoms with Crippen LogP contribution in [0.2, 0.25) is 5.02 Å². The van der Waals surface area contributed by atoms with Crippen molar-refractivity contribution in [2.24, 2.45) is 7.05 Å². The Bertz CT molecular complexity index is 1330. The number of ether oxygens (including phenoxy) is 2. The number of hydrogen-bond donors (Lipinski definition) is 2. The molecule has 1 aromatic heterocycles. The molecule has 2 heterocycles. The van der Waals surface area contributed by atoms with Gasteiger partial charge in [-0.3, -0.25) is 4.79 Å². The summed E-state index contributed by atoms with van der Waals surface area (Å²) in [7, 11) is 1.45. The van der Waals surface area contributed by atoms with Crippen LogP contribution in [0.15, 0.2) is 35.1 Å². The zero-order valence-electron chi connectivity index (χ0n) is 18.7. The van der Waals surface area contributed by atoms with Gasteiger partial charge in [-0.2, -0.15) is 0 Å². The maximum atomic E-state index is 15.3. The summed E-state index contributed by atoms with van der Waals surface area (Å²) in [6.45, 7) is 6.10. The molecule has 9 heteroatoms. The molecule has 3 aromatic rings. The predicted octanol–water partition coefficient (Wildman–Crippen LogP) is 4.74. The van der Waals surface area contributed by atoms with Gasteiger partial charge < -0.3 is 24.5 Å². The van der Waals surface area contributed by atoms with Crippen LogP contribution in [0.5, 0.6) is 5.75 Å². The zero-order chi connectivity index (χ0) is 24.1. The third-order valence-electron chi connectivity index (χ3n) is 5.39. The van der Waals surface area contributed by atoms with Gasteiger partial charge >= 0.3 is 5.97 Å². The van der Waals surface area contributed by atoms with Crippen LogP contribution >= 0.6 is 11.6 Å². The van der Waals surface area contributed by atoms with E-state index in [0.717, 1.165) is 0 Å². The number of nitrogens with one attached hydrogen (secondary N) is 1. The third kappa shape index (κ3) is 4.05. The van der Waals surface area contributed by atoms with Crippen molar-refractivity contribution in [3.63, 3.8) is 0 Å². The van der Waals surface area contributed by atoms with E-state index in [1.807, 2.05) is 0 Å². The lowest BCUT2D eigenvalue weighted by molar-refractivity contribution is -0.161. The van der Waals surface area contributed by atoms with Crippen molar-refractivity contribution in [3.05, 3.63) is 57.2 Å². The number of rotatable bonds is 4. The largest absolute Gasteiger partial charge is 0.490 e. The van der Waals surface area contributed by atoms with E-state index in [-0.39, 0.29) is 27.1 Å². The molecule has 0 fully saturated rings. The highest BCUT2D eigenvalue weighted by Gasteiger charge is 2.34. The minimum absolute atomic E-state index is 0.00129. The fraction of sp³-hybridized carbons (Fsp3) is 0.333. The van der Waals surface area contributed by atoms with Gasteiger partial charge in [0, 0.05) is 30.1 Å². The van der Waals surface area contributed by atoms with E-state index in [0.29, 0.717) is 30.2 Å². The first-order valence-corrected chi connectivity index (χ1v) is 10.8. The molecule has 4 rings (SSSR count). The Hall–Kier alpha value is -3.10. The second kappa shape index (κ2) is 8.35. The molecule has 0 saturated carbocycles. The normalized spacial score (nSPS) is 14.4. The lowest BCUT2D eigenvalue weighted by atomic mass is 9.93. The second-order valence-corrected chi connectivity index (χ2v) is 9.19. The van der Waals surface area contributed by atoms with Gasteiger partial charge in [0.15, 0.2) is 6.10 Å². The molecule has 0 saturated heterocycles. The Kier molecular flexibility index (Phi) is 5.84. The van der Waals surface area contributed by atoms with Crippen LogP contribution in [0.1, 0.15) is 32.6 Å². The Morgan fingerprint density at radius 2 is 2.03 bits per heavy atom. The molecule has 0 spiro atoms. The molecule has 1 atom stereocenters. The smallest absolute Gasteiger partial charge is 0.339 e. The second-order valence-electron chi connectivity index (χ2n) is 8.81. The first-order chi connectivity index (χ1) is 15.5. The van der Waals surface area contributed by atoms with E-state index >= 15 is 4.39 Å². The lowest BCUT2D eigenvalue weighted by Crippen LogP contribution is -2.33. The zero-order valence-corrected chi connectivity index (χ0v) is 19.4. The van der Waals surface area contributed by atoms with Crippen molar-refractivity contribution >= 4 is 34.0 Å². The summed E-state index contributed by atoms with van der Waals surface area (Å²) >= 11 is 6.75. The average Bonchev–Trinajstić information content (AvgIpc) is 2.75. The molecule has 7 nitrogen and oxygen atoms in total. The third-order valence-corrected chi connectivity index (χ3v) is 5.79. The Balaban J connectivity index is 2.17. The Labute approximate surface area is 194 Å². The van der Waals surface area contributed by atoms with Crippen molar-refractivity contribution in [1.29, 1.82) is 0 Å². The molecule has 0 unspecified atom stereocenters. The summed E-state index contributed by atoms with van der Waals surface area (Å²) in [6, 6.07) is 7.49. The monoisotopic (exact) mass is 474 g/mol. The number of anilines is 1. The summed E-state index contributed by atoms with van der Waals surface area (Å²) in [6.07, 6.45) is -1.56. The Morgan fingerprint density at radius 1 is 1.30 bits per heavy atom. The molecule has 1 aliphatic rings. The van der Waals surface area contributed by atoms with Gasteiger partial charge in [0.1, 0.15) is 18.2 Å². The average molecular weight is 475 g/mol. The molecule has 0 aliphatic carbocycles. The van der Waals surface area contributed by atoms with E-state index < -0.39 is 29.1 Å². The van der Waals surface area contributed by atoms with Crippen LogP contribution in [0.3, 0.4) is 0 Å². The molecule has 2 aromatic carbocycles. The molecule has 174 valence electrons. The van der Waals surface area contributed by atoms with Crippen molar-refractivity contribution in [2.45, 2.75) is 32.5 Å². The molecule has 1 aliphatic heterocycles. The number of hydrogen-bond acceptors (Lipinski definition) is 5. The van der Waals surface area contributed by atoms with Gasteiger partial charge in [-0.15, -0.1) is 0 Å². The lowest BCUT2D eigenvalue weighted by Gasteiger charge is -2.29. The van der Waals surface area contributed by atoms with Gasteiger partial charge in [0.25, 0.3) is 5.56 Å². The Morgan fingerprint density at radius 3 is 2.70 bits per heavy atom. The first-order valence-electron chi connectivity index (χ1n) is 10.4. The number of carboxylic acid groups (broad SMARTS) is 1. The van der Waals surface area contributed by atoms with Crippen LogP contribution in [0, 0.1) is 5.82 Å². The highest BCUT2D eigenvalue weighted by molar-refractivity contribution is 6.37. The molecule has 0 amide bonds. The topological polar surface area (TPSA) is 89.8 Å². The van der Waals surface area contributed by atoms with Crippen molar-refractivity contribution < 1.29 is 23.8 Å². The number of nitrogens with zero attached hydrogens (tertiary/aromatic N) is 1. The number of carboxylic acids is 1. The number of aromatic nitrogens is 1. The molecular formula is C24H24ClFN2O5. The number of benzene rings is 2. The van der Waals surface area contributed by atoms with Gasteiger partial charge in [-0.25, -0.2) is 9.18 Å². The minimum Gasteiger partial charge on any atom is -0.490 e. The SMILES string of the molecule is Cn1c([C@@H](OC(C)(C)C)C(=O)O)c(-c2ccc3c(c2Cl)NCCO3)c2c(F)cccc2c1=O. The van der Waals surface area contributed by atoms with Gasteiger partial charge in [0.05, 0.1) is 27.4 Å². The van der Waals surface area contributed by atoms with E-state index in [4.69, 9.17) is 21.1 Å². The number of carbonyl (C=O) groups is 1. The van der Waals surface area contributed by atoms with E-state index in [1.165, 1.54) is 29.8 Å². The van der Waals surface area contributed by atoms with Crippen LogP contribution < -0.4 is 15.6 Å². The van der Waals surface area contributed by atoms with Gasteiger partial charge in [-0.05, 0) is 45.0 Å². The summed E-state index contributed by atoms with van der Waals surface area (Å²) in [4.78, 5) is 25.5. The van der Waals surface area contributed by atoms with E-state index in [1.54, 1.807) is 32.9 Å². The first kappa shape index (κ1) is 23.1. The summed E-state index contributed by atoms with van der Waals surface area (Å²) in [5, 5.41) is 13.6. The highest BCUT2D eigenvalue weighted by Crippen LogP contribution is 2.46. The predicted molar refractivity (Wildman–Crippen MR) is 125 cm³/mol. The quantitative estimate of drug-likeness (QED) is 0.567. The van der Waals surface area contributed by atoms with Crippen LogP contribution in [-0.2, 0) is 16.6 Å². The van der Waals surface area contributed by atoms with Gasteiger partial charge in [0.2, 0.25) is 0 Å². The number of fused-ring (bicyclic) bond motifs is 2. The molecule has 0 bridgehead atoms. The fourth-order valence-electron chi connectivity index (χ4n) is 4.07. The number of halogens is 2. The van der Waals surface area contributed by atoms with Crippen molar-refractivity contribution in [3.8, 4) is 16.9 Å².